The third-order valence-corrected chi connectivity index (χ3v) is 7.06. The molecule has 1 saturated heterocycles. The van der Waals surface area contributed by atoms with Crippen molar-refractivity contribution >= 4 is 30.1 Å². The second-order valence-corrected chi connectivity index (χ2v) is 10.3. The molecule has 0 spiro atoms. The third kappa shape index (κ3) is 6.92. The number of ether oxygens (including phenoxy) is 2. The van der Waals surface area contributed by atoms with E-state index in [2.05, 4.69) is 27.2 Å². The van der Waals surface area contributed by atoms with Crippen LogP contribution in [0.3, 0.4) is 0 Å². The molecule has 1 saturated carbocycles. The van der Waals surface area contributed by atoms with Crippen LogP contribution in [0.4, 0.5) is 5.69 Å². The molecule has 0 radical (unpaired) electrons. The van der Waals surface area contributed by atoms with Gasteiger partial charge in [-0.1, -0.05) is 12.8 Å². The highest BCUT2D eigenvalue weighted by atomic mass is 16.5. The average Bonchev–Trinajstić information content (AvgIpc) is 3.43. The average molecular weight is 527 g/mol. The minimum Gasteiger partial charge on any atom is -0.495 e. The van der Waals surface area contributed by atoms with Crippen LogP contribution in [-0.2, 0) is 9.53 Å². The van der Waals surface area contributed by atoms with E-state index < -0.39 is 5.41 Å². The number of amidine groups is 1. The molecule has 2 N–H and O–H groups in total. The van der Waals surface area contributed by atoms with Crippen molar-refractivity contribution in [3.63, 3.8) is 0 Å². The fourth-order valence-corrected chi connectivity index (χ4v) is 5.05. The molecule has 1 aromatic rings. The first kappa shape index (κ1) is 29.2. The zero-order valence-corrected chi connectivity index (χ0v) is 23.4. The van der Waals surface area contributed by atoms with Crippen molar-refractivity contribution in [2.45, 2.75) is 52.0 Å². The highest BCUT2D eigenvalue weighted by molar-refractivity contribution is 6.04. The van der Waals surface area contributed by atoms with Crippen LogP contribution in [0.2, 0.25) is 0 Å². The van der Waals surface area contributed by atoms with Crippen molar-refractivity contribution in [1.82, 2.24) is 15.1 Å². The van der Waals surface area contributed by atoms with Crippen LogP contribution in [0.1, 0.15) is 56.3 Å². The zero-order valence-electron chi connectivity index (χ0n) is 23.4. The van der Waals surface area contributed by atoms with Crippen molar-refractivity contribution in [3.05, 3.63) is 35.7 Å². The van der Waals surface area contributed by atoms with Crippen LogP contribution in [-0.4, -0.2) is 87.8 Å². The van der Waals surface area contributed by atoms with Gasteiger partial charge in [0.2, 0.25) is 5.91 Å². The largest absolute Gasteiger partial charge is 0.495 e. The van der Waals surface area contributed by atoms with Crippen LogP contribution in [0.25, 0.3) is 0 Å². The van der Waals surface area contributed by atoms with E-state index in [1.165, 1.54) is 12.8 Å². The minimum absolute atomic E-state index is 0.0197. The molecule has 0 atom stereocenters. The van der Waals surface area contributed by atoms with Crippen molar-refractivity contribution in [2.24, 2.45) is 15.4 Å². The van der Waals surface area contributed by atoms with Crippen molar-refractivity contribution in [2.75, 3.05) is 52.9 Å². The van der Waals surface area contributed by atoms with E-state index >= 15 is 0 Å². The lowest BCUT2D eigenvalue weighted by atomic mass is 9.91. The van der Waals surface area contributed by atoms with Crippen LogP contribution >= 0.6 is 0 Å². The summed E-state index contributed by atoms with van der Waals surface area (Å²) in [6.45, 7) is 9.54. The summed E-state index contributed by atoms with van der Waals surface area (Å²) in [4.78, 5) is 38.7. The molecule has 0 bridgehead atoms. The smallest absolute Gasteiger partial charge is 0.251 e. The molecule has 1 heterocycles. The van der Waals surface area contributed by atoms with Gasteiger partial charge < -0.3 is 29.9 Å². The summed E-state index contributed by atoms with van der Waals surface area (Å²) in [5, 5.41) is 6.20. The molecule has 10 heteroatoms. The highest BCUT2D eigenvalue weighted by Crippen LogP contribution is 2.34. The molecular formula is C28H42N6O4. The van der Waals surface area contributed by atoms with Crippen LogP contribution in [0, 0.1) is 5.41 Å². The molecule has 1 aliphatic heterocycles. The summed E-state index contributed by atoms with van der Waals surface area (Å²) >= 11 is 0. The van der Waals surface area contributed by atoms with Gasteiger partial charge in [0.05, 0.1) is 24.4 Å². The summed E-state index contributed by atoms with van der Waals surface area (Å²) in [5.74, 6) is 1.12. The Morgan fingerprint density at radius 1 is 1.26 bits per heavy atom. The van der Waals surface area contributed by atoms with Gasteiger partial charge in [0.15, 0.2) is 5.84 Å². The van der Waals surface area contributed by atoms with Gasteiger partial charge in [-0.25, -0.2) is 4.99 Å². The summed E-state index contributed by atoms with van der Waals surface area (Å²) in [6.07, 6.45) is 6.82. The SMILES string of the molecule is C=N/C=C1\C(=N/CNc2ccc(C(=O)NCCCOC)cc2OC)N(C2CCCC2)CC(C)(C)C(=O)N1C. The number of aliphatic imine (C=N–C) groups is 2. The van der Waals surface area contributed by atoms with Crippen LogP contribution in [0.5, 0.6) is 5.75 Å². The van der Waals surface area contributed by atoms with Gasteiger partial charge in [-0.15, -0.1) is 0 Å². The molecule has 2 aliphatic rings. The normalized spacial score (nSPS) is 20.1. The standard InChI is InChI=1S/C28H42N6O4/c1-28(2)18-34(21-10-7-8-11-21)25(23(17-29-3)33(4)27(28)36)32-19-31-22-13-12-20(16-24(22)38-6)26(35)30-14-9-15-37-5/h12-13,16-17,21,31H,3,7-11,14-15,18-19H2,1-2,4-6H3,(H,30,35)/b23-17+,32-25+. The van der Waals surface area contributed by atoms with Gasteiger partial charge in [-0.05, 0) is 58.0 Å². The molecule has 0 aromatic heterocycles. The number of benzene rings is 1. The molecule has 2 fully saturated rings. The second-order valence-electron chi connectivity index (χ2n) is 10.3. The number of methoxy groups -OCH3 is 2. The van der Waals surface area contributed by atoms with E-state index in [0.29, 0.717) is 48.4 Å². The lowest BCUT2D eigenvalue weighted by molar-refractivity contribution is -0.136. The fraction of sp³-hybridized carbons (Fsp3) is 0.571. The number of hydrogen-bond donors (Lipinski definition) is 2. The van der Waals surface area contributed by atoms with Crippen molar-refractivity contribution in [3.8, 4) is 5.75 Å². The molecule has 208 valence electrons. The number of carbonyl (C=O) groups is 2. The maximum atomic E-state index is 13.3. The Kier molecular flexibility index (Phi) is 10.3. The van der Waals surface area contributed by atoms with Gasteiger partial charge in [-0.2, -0.15) is 0 Å². The predicted octanol–water partition coefficient (Wildman–Crippen LogP) is 3.51. The third-order valence-electron chi connectivity index (χ3n) is 7.06. The van der Waals surface area contributed by atoms with Gasteiger partial charge in [0.1, 0.15) is 18.1 Å². The monoisotopic (exact) mass is 526 g/mol. The second kappa shape index (κ2) is 13.4. The fourth-order valence-electron chi connectivity index (χ4n) is 5.05. The maximum Gasteiger partial charge on any atom is 0.251 e. The first-order chi connectivity index (χ1) is 18.2. The first-order valence-corrected chi connectivity index (χ1v) is 13.2. The Balaban J connectivity index is 1.84. The minimum atomic E-state index is -0.578. The number of nitrogens with zero attached hydrogens (tertiary/aromatic N) is 4. The number of hydrogen-bond acceptors (Lipinski definition) is 7. The molecule has 10 nitrogen and oxygen atoms in total. The summed E-state index contributed by atoms with van der Waals surface area (Å²) < 4.78 is 10.6. The number of anilines is 1. The Labute approximate surface area is 226 Å². The maximum absolute atomic E-state index is 13.3. The Morgan fingerprint density at radius 2 is 2.00 bits per heavy atom. The summed E-state index contributed by atoms with van der Waals surface area (Å²) in [6, 6.07) is 5.59. The number of amides is 2. The lowest BCUT2D eigenvalue weighted by Gasteiger charge is -2.34. The number of carbonyl (C=O) groups excluding carboxylic acids is 2. The molecule has 1 aromatic carbocycles. The van der Waals surface area contributed by atoms with E-state index in [1.54, 1.807) is 44.5 Å². The quantitative estimate of drug-likeness (QED) is 0.338. The van der Waals surface area contributed by atoms with E-state index in [-0.39, 0.29) is 18.5 Å². The lowest BCUT2D eigenvalue weighted by Crippen LogP contribution is -2.44. The Morgan fingerprint density at radius 3 is 2.66 bits per heavy atom. The highest BCUT2D eigenvalue weighted by Gasteiger charge is 2.42. The molecule has 2 amide bonds. The van der Waals surface area contributed by atoms with Gasteiger partial charge in [-0.3, -0.25) is 14.6 Å². The molecule has 0 unspecified atom stereocenters. The van der Waals surface area contributed by atoms with Gasteiger partial charge in [0, 0.05) is 45.5 Å². The molecule has 3 rings (SSSR count). The Bertz CT molecular complexity index is 1060. The molecule has 38 heavy (non-hydrogen) atoms. The van der Waals surface area contributed by atoms with Crippen LogP contribution in [0.15, 0.2) is 40.1 Å². The zero-order chi connectivity index (χ0) is 27.7. The van der Waals surface area contributed by atoms with Crippen molar-refractivity contribution < 1.29 is 19.1 Å². The van der Waals surface area contributed by atoms with E-state index in [4.69, 9.17) is 14.5 Å². The van der Waals surface area contributed by atoms with E-state index in [9.17, 15) is 9.59 Å². The topological polar surface area (TPSA) is 108 Å². The van der Waals surface area contributed by atoms with E-state index in [0.717, 1.165) is 25.1 Å². The van der Waals surface area contributed by atoms with Gasteiger partial charge in [0.25, 0.3) is 5.91 Å². The first-order valence-electron chi connectivity index (χ1n) is 13.2. The summed E-state index contributed by atoms with van der Waals surface area (Å²) in [5.41, 5.74) is 1.28. The molecular weight excluding hydrogens is 484 g/mol. The summed E-state index contributed by atoms with van der Waals surface area (Å²) in [7, 11) is 4.97. The van der Waals surface area contributed by atoms with Crippen molar-refractivity contribution in [1.29, 1.82) is 0 Å². The number of likely N-dealkylation sites (N-methyl/N-ethyl adjacent to an activating group) is 1. The molecule has 1 aliphatic carbocycles. The van der Waals surface area contributed by atoms with Crippen LogP contribution < -0.4 is 15.4 Å². The number of nitrogens with one attached hydrogen (secondary N) is 2. The van der Waals surface area contributed by atoms with Gasteiger partial charge >= 0.3 is 0 Å². The predicted molar refractivity (Wildman–Crippen MR) is 151 cm³/mol. The Hall–Kier alpha value is -3.40. The number of rotatable bonds is 11. The van der Waals surface area contributed by atoms with E-state index in [1.807, 2.05) is 19.9 Å².